The molecule has 1 heterocycles. The number of methoxy groups -OCH3 is 3. The van der Waals surface area contributed by atoms with Crippen LogP contribution in [0.25, 0.3) is 0 Å². The van der Waals surface area contributed by atoms with E-state index >= 15 is 0 Å². The van der Waals surface area contributed by atoms with E-state index in [2.05, 4.69) is 0 Å². The summed E-state index contributed by atoms with van der Waals surface area (Å²) in [5.41, 5.74) is 1.71. The van der Waals surface area contributed by atoms with Gasteiger partial charge < -0.3 is 26.6 Å². The first-order valence-corrected chi connectivity index (χ1v) is 21.5. The van der Waals surface area contributed by atoms with Crippen LogP contribution in [-0.4, -0.2) is 66.8 Å². The van der Waals surface area contributed by atoms with E-state index in [0.29, 0.717) is 16.6 Å². The standard InChI is InChI=1S/C27H54O6Si3/c1-28-19-22-34(25-13-7-4-8-14-25)31-35(23-20-29-2,26-15-9-5-10-16-26)33-36(32-34,24-21-30-3)27-17-11-6-12-18-27/h25-27H,4-24H2,1-3H3. The summed E-state index contributed by atoms with van der Waals surface area (Å²) >= 11 is 0. The molecule has 0 spiro atoms. The van der Waals surface area contributed by atoms with Gasteiger partial charge in [-0.3, -0.25) is 0 Å². The van der Waals surface area contributed by atoms with Crippen molar-refractivity contribution in [3.63, 3.8) is 0 Å². The molecule has 0 amide bonds. The van der Waals surface area contributed by atoms with Crippen molar-refractivity contribution < 1.29 is 26.6 Å². The zero-order chi connectivity index (χ0) is 25.3. The molecule has 0 N–H and O–H groups in total. The van der Waals surface area contributed by atoms with Crippen LogP contribution in [-0.2, 0) is 26.6 Å². The number of ether oxygens (including phenoxy) is 3. The minimum absolute atomic E-state index is 0.571. The molecule has 0 bridgehead atoms. The molecule has 0 aromatic rings. The third kappa shape index (κ3) is 6.75. The molecule has 4 aliphatic rings. The molecular weight excluding hydrogens is 505 g/mol. The fraction of sp³-hybridized carbons (Fsp3) is 1.00. The zero-order valence-corrected chi connectivity index (χ0v) is 26.5. The van der Waals surface area contributed by atoms with Gasteiger partial charge in [0.1, 0.15) is 0 Å². The van der Waals surface area contributed by atoms with Gasteiger partial charge in [0.25, 0.3) is 0 Å². The summed E-state index contributed by atoms with van der Waals surface area (Å²) in [6, 6.07) is 2.88. The Hall–Kier alpha value is 0.411. The molecule has 210 valence electrons. The van der Waals surface area contributed by atoms with E-state index in [1.54, 1.807) is 0 Å². The summed E-state index contributed by atoms with van der Waals surface area (Å²) in [5, 5.41) is 0. The number of rotatable bonds is 12. The first-order chi connectivity index (χ1) is 17.6. The predicted octanol–water partition coefficient (Wildman–Crippen LogP) is 7.32. The van der Waals surface area contributed by atoms with Crippen LogP contribution in [0.15, 0.2) is 0 Å². The minimum atomic E-state index is -2.58. The van der Waals surface area contributed by atoms with E-state index in [1.807, 2.05) is 21.3 Å². The molecule has 9 heteroatoms. The van der Waals surface area contributed by atoms with Crippen LogP contribution in [0, 0.1) is 0 Å². The lowest BCUT2D eigenvalue weighted by Crippen LogP contribution is -2.74. The van der Waals surface area contributed by atoms with Crippen LogP contribution < -0.4 is 0 Å². The highest BCUT2D eigenvalue weighted by molar-refractivity contribution is 6.96. The van der Waals surface area contributed by atoms with E-state index in [-0.39, 0.29) is 0 Å². The van der Waals surface area contributed by atoms with Crippen LogP contribution in [0.4, 0.5) is 0 Å². The predicted molar refractivity (Wildman–Crippen MR) is 151 cm³/mol. The second-order valence-electron chi connectivity index (χ2n) is 12.0. The Balaban J connectivity index is 1.81. The maximum atomic E-state index is 7.74. The lowest BCUT2D eigenvalue weighted by atomic mass is 10.0. The van der Waals surface area contributed by atoms with Crippen molar-refractivity contribution in [1.82, 2.24) is 0 Å². The highest BCUT2D eigenvalue weighted by Gasteiger charge is 2.67. The minimum Gasteiger partial charge on any atom is -0.415 e. The summed E-state index contributed by atoms with van der Waals surface area (Å²) in [4.78, 5) is 0. The summed E-state index contributed by atoms with van der Waals surface area (Å²) in [6.45, 7) is 2.21. The van der Waals surface area contributed by atoms with E-state index in [0.717, 1.165) is 38.0 Å². The smallest absolute Gasteiger partial charge is 0.326 e. The van der Waals surface area contributed by atoms with Crippen LogP contribution in [0.2, 0.25) is 34.8 Å². The molecule has 1 saturated heterocycles. The fourth-order valence-corrected chi connectivity index (χ4v) is 29.4. The number of hydrogen-bond acceptors (Lipinski definition) is 6. The monoisotopic (exact) mass is 558 g/mol. The van der Waals surface area contributed by atoms with Crippen LogP contribution in [0.1, 0.15) is 96.3 Å². The molecule has 0 unspecified atom stereocenters. The van der Waals surface area contributed by atoms with Gasteiger partial charge in [0.15, 0.2) is 0 Å². The Morgan fingerprint density at radius 1 is 0.444 bits per heavy atom. The molecule has 1 aliphatic heterocycles. The van der Waals surface area contributed by atoms with E-state index < -0.39 is 25.7 Å². The third-order valence-corrected chi connectivity index (χ3v) is 26.1. The average molecular weight is 559 g/mol. The van der Waals surface area contributed by atoms with Crippen LogP contribution >= 0.6 is 0 Å². The SMILES string of the molecule is COCC[Si]1(C2CCCCC2)O[Si](CCOC)(C2CCCCC2)O[Si](CCOC)(C2CCCCC2)O1. The lowest BCUT2D eigenvalue weighted by molar-refractivity contribution is 0.134. The molecule has 4 rings (SSSR count). The molecule has 4 fully saturated rings. The molecule has 36 heavy (non-hydrogen) atoms. The Morgan fingerprint density at radius 3 is 0.917 bits per heavy atom. The molecule has 6 nitrogen and oxygen atoms in total. The summed E-state index contributed by atoms with van der Waals surface area (Å²) in [6.07, 6.45) is 19.5. The second kappa shape index (κ2) is 14.2. The Bertz CT molecular complexity index is 543. The van der Waals surface area contributed by atoms with Crippen molar-refractivity contribution in [3.8, 4) is 0 Å². The van der Waals surface area contributed by atoms with Gasteiger partial charge in [0.05, 0.1) is 0 Å². The van der Waals surface area contributed by atoms with Gasteiger partial charge in [-0.1, -0.05) is 57.8 Å². The Kier molecular flexibility index (Phi) is 11.6. The maximum absolute atomic E-state index is 7.74. The van der Waals surface area contributed by atoms with Crippen LogP contribution in [0.3, 0.4) is 0 Å². The van der Waals surface area contributed by atoms with Gasteiger partial charge >= 0.3 is 25.7 Å². The van der Waals surface area contributed by atoms with Crippen molar-refractivity contribution in [1.29, 1.82) is 0 Å². The van der Waals surface area contributed by atoms with E-state index in [9.17, 15) is 0 Å². The van der Waals surface area contributed by atoms with Gasteiger partial charge in [-0.2, -0.15) is 0 Å². The first-order valence-electron chi connectivity index (χ1n) is 15.2. The fourth-order valence-electron chi connectivity index (χ4n) is 7.72. The molecule has 0 radical (unpaired) electrons. The molecule has 0 aromatic carbocycles. The van der Waals surface area contributed by atoms with Gasteiger partial charge in [-0.15, -0.1) is 0 Å². The van der Waals surface area contributed by atoms with Gasteiger partial charge in [0, 0.05) is 75.9 Å². The third-order valence-electron chi connectivity index (χ3n) is 9.68. The highest BCUT2D eigenvalue weighted by atomic mass is 28.5. The van der Waals surface area contributed by atoms with Crippen molar-refractivity contribution in [2.24, 2.45) is 0 Å². The van der Waals surface area contributed by atoms with Crippen LogP contribution in [0.5, 0.6) is 0 Å². The molecule has 3 saturated carbocycles. The van der Waals surface area contributed by atoms with Crippen molar-refractivity contribution >= 4 is 25.7 Å². The van der Waals surface area contributed by atoms with Gasteiger partial charge in [-0.25, -0.2) is 0 Å². The lowest BCUT2D eigenvalue weighted by Gasteiger charge is -2.60. The maximum Gasteiger partial charge on any atom is 0.326 e. The van der Waals surface area contributed by atoms with Crippen molar-refractivity contribution in [3.05, 3.63) is 0 Å². The Morgan fingerprint density at radius 2 is 0.694 bits per heavy atom. The summed E-state index contributed by atoms with van der Waals surface area (Å²) in [7, 11) is -2.21. The zero-order valence-electron chi connectivity index (χ0n) is 23.5. The largest absolute Gasteiger partial charge is 0.415 e. The normalized spacial score (nSPS) is 35.8. The quantitative estimate of drug-likeness (QED) is 0.234. The molecular formula is C27H54O6Si3. The van der Waals surface area contributed by atoms with Gasteiger partial charge in [0.2, 0.25) is 0 Å². The summed E-state index contributed by atoms with van der Waals surface area (Å²) < 4.78 is 40.5. The van der Waals surface area contributed by atoms with Crippen molar-refractivity contribution in [2.45, 2.75) is 131 Å². The van der Waals surface area contributed by atoms with Crippen molar-refractivity contribution in [2.75, 3.05) is 41.2 Å². The highest BCUT2D eigenvalue weighted by Crippen LogP contribution is 2.56. The second-order valence-corrected chi connectivity index (χ2v) is 23.2. The first kappa shape index (κ1) is 29.4. The Labute approximate surface area is 224 Å². The number of hydrogen-bond donors (Lipinski definition) is 0. The summed E-state index contributed by atoms with van der Waals surface area (Å²) in [5.74, 6) is 0. The van der Waals surface area contributed by atoms with E-state index in [4.69, 9.17) is 26.6 Å². The molecule has 0 aromatic heterocycles. The molecule has 0 atom stereocenters. The van der Waals surface area contributed by atoms with E-state index in [1.165, 1.54) is 96.3 Å². The molecule has 3 aliphatic carbocycles. The average Bonchev–Trinajstić information content (AvgIpc) is 2.95. The topological polar surface area (TPSA) is 55.4 Å². The van der Waals surface area contributed by atoms with Gasteiger partial charge in [-0.05, 0) is 38.5 Å².